The monoisotopic (exact) mass is 272 g/mol. The molecule has 0 saturated heterocycles. The molecule has 0 N–H and O–H groups in total. The van der Waals surface area contributed by atoms with E-state index in [-0.39, 0.29) is 24.6 Å². The van der Waals surface area contributed by atoms with Crippen LogP contribution in [0.5, 0.6) is 0 Å². The normalized spacial score (nSPS) is 7.64. The number of rotatable bonds is 3. The quantitative estimate of drug-likeness (QED) is 0.445. The number of halogens is 1. The van der Waals surface area contributed by atoms with Gasteiger partial charge in [-0.2, -0.15) is 0 Å². The molecule has 0 aromatic rings. The van der Waals surface area contributed by atoms with Gasteiger partial charge in [0.2, 0.25) is 0 Å². The maximum absolute atomic E-state index is 10.3. The molecule has 0 aromatic heterocycles. The number of hydrogen-bond acceptors (Lipinski definition) is 3. The maximum atomic E-state index is 10.3. The average Bonchev–Trinajstić information content (AvgIpc) is 2.04. The number of ketones is 1. The predicted molar refractivity (Wildman–Crippen MR) is 51.9 cm³/mol. The molecular formula is C7H13IO3. The Balaban J connectivity index is 0. The number of hydrogen-bond donors (Lipinski definition) is 0. The minimum absolute atomic E-state index is 0.0143. The van der Waals surface area contributed by atoms with Crippen molar-refractivity contribution in [2.45, 2.75) is 19.8 Å². The second-order valence-corrected chi connectivity index (χ2v) is 1.78. The Bertz CT molecular complexity index is 123. The Kier molecular flexibility index (Phi) is 12.1. The van der Waals surface area contributed by atoms with Gasteiger partial charge in [-0.05, 0) is 11.9 Å². The Hall–Kier alpha value is -0.130. The summed E-state index contributed by atoms with van der Waals surface area (Å²) in [5.41, 5.74) is 0. The molecule has 0 spiro atoms. The van der Waals surface area contributed by atoms with Gasteiger partial charge in [-0.1, -0.05) is 22.6 Å². The van der Waals surface area contributed by atoms with Crippen LogP contribution in [0.2, 0.25) is 0 Å². The van der Waals surface area contributed by atoms with Crippen molar-refractivity contribution >= 4 is 34.3 Å². The first-order valence-electron chi connectivity index (χ1n) is 3.11. The van der Waals surface area contributed by atoms with Gasteiger partial charge < -0.3 is 9.53 Å². The molecule has 0 unspecified atom stereocenters. The fourth-order valence-electron chi connectivity index (χ4n) is 0.380. The third kappa shape index (κ3) is 13.0. The van der Waals surface area contributed by atoms with Gasteiger partial charge >= 0.3 is 5.97 Å². The van der Waals surface area contributed by atoms with Crippen LogP contribution in [0.4, 0.5) is 0 Å². The highest BCUT2D eigenvalue weighted by Gasteiger charge is 2.00. The Labute approximate surface area is 80.6 Å². The number of carbonyl (C=O) groups excluding carboxylic acids is 2. The highest BCUT2D eigenvalue weighted by Crippen LogP contribution is 1.91. The van der Waals surface area contributed by atoms with Crippen LogP contribution in [0.25, 0.3) is 0 Å². The molecular weight excluding hydrogens is 259 g/mol. The molecule has 0 atom stereocenters. The molecule has 0 heterocycles. The smallest absolute Gasteiger partial charge is 0.305 e. The van der Waals surface area contributed by atoms with E-state index in [1.807, 2.05) is 4.93 Å². The molecule has 0 bridgehead atoms. The summed E-state index contributed by atoms with van der Waals surface area (Å²) < 4.78 is 4.31. The second-order valence-electron chi connectivity index (χ2n) is 1.78. The van der Waals surface area contributed by atoms with Gasteiger partial charge in [0.15, 0.2) is 0 Å². The average molecular weight is 272 g/mol. The summed E-state index contributed by atoms with van der Waals surface area (Å²) >= 11 is 2.15. The van der Waals surface area contributed by atoms with Crippen molar-refractivity contribution < 1.29 is 14.3 Å². The van der Waals surface area contributed by atoms with E-state index in [1.54, 1.807) is 0 Å². The lowest BCUT2D eigenvalue weighted by Crippen LogP contribution is -2.02. The summed E-state index contributed by atoms with van der Waals surface area (Å²) in [6.45, 7) is 1.45. The topological polar surface area (TPSA) is 43.4 Å². The van der Waals surface area contributed by atoms with Gasteiger partial charge in [0, 0.05) is 6.42 Å². The largest absolute Gasteiger partial charge is 0.469 e. The fraction of sp³-hybridized carbons (Fsp3) is 0.714. The van der Waals surface area contributed by atoms with Crippen molar-refractivity contribution in [2.75, 3.05) is 12.0 Å². The van der Waals surface area contributed by atoms with Crippen LogP contribution in [-0.4, -0.2) is 23.8 Å². The van der Waals surface area contributed by atoms with Gasteiger partial charge in [0.25, 0.3) is 0 Å². The first-order chi connectivity index (χ1) is 5.16. The molecule has 0 aliphatic carbocycles. The van der Waals surface area contributed by atoms with Gasteiger partial charge in [-0.15, -0.1) is 0 Å². The third-order valence-electron chi connectivity index (χ3n) is 0.909. The van der Waals surface area contributed by atoms with Crippen molar-refractivity contribution in [1.29, 1.82) is 0 Å². The number of carbonyl (C=O) groups is 2. The van der Waals surface area contributed by atoms with E-state index in [4.69, 9.17) is 0 Å². The minimum atomic E-state index is -0.329. The molecule has 0 amide bonds. The number of alkyl halides is 1. The van der Waals surface area contributed by atoms with Crippen molar-refractivity contribution in [2.24, 2.45) is 0 Å². The Morgan fingerprint density at radius 1 is 1.27 bits per heavy atom. The summed E-state index contributed by atoms with van der Waals surface area (Å²) in [7, 11) is 1.31. The molecule has 0 saturated carbocycles. The van der Waals surface area contributed by atoms with E-state index in [1.165, 1.54) is 14.0 Å². The van der Waals surface area contributed by atoms with E-state index in [9.17, 15) is 9.59 Å². The lowest BCUT2D eigenvalue weighted by atomic mass is 10.2. The van der Waals surface area contributed by atoms with E-state index in [0.29, 0.717) is 0 Å². The van der Waals surface area contributed by atoms with Crippen LogP contribution in [0.3, 0.4) is 0 Å². The predicted octanol–water partition coefficient (Wildman–Crippen LogP) is 1.58. The van der Waals surface area contributed by atoms with E-state index < -0.39 is 0 Å². The molecule has 0 aliphatic heterocycles. The molecule has 0 rings (SSSR count). The molecule has 0 fully saturated rings. The van der Waals surface area contributed by atoms with Crippen LogP contribution >= 0.6 is 22.6 Å². The van der Waals surface area contributed by atoms with Crippen LogP contribution in [0, 0.1) is 0 Å². The van der Waals surface area contributed by atoms with Crippen molar-refractivity contribution in [3.63, 3.8) is 0 Å². The first kappa shape index (κ1) is 13.5. The van der Waals surface area contributed by atoms with Crippen molar-refractivity contribution in [3.05, 3.63) is 0 Å². The molecule has 0 aliphatic rings. The molecule has 0 radical (unpaired) electrons. The molecule has 3 nitrogen and oxygen atoms in total. The number of Topliss-reactive ketones (excluding diaryl/α,β-unsaturated/α-hetero) is 1. The van der Waals surface area contributed by atoms with E-state index in [0.717, 1.165) is 0 Å². The maximum Gasteiger partial charge on any atom is 0.305 e. The molecule has 0 aromatic carbocycles. The number of ether oxygens (including phenoxy) is 1. The standard InChI is InChI=1S/C6H10O3.CH3I/c1-5(7)3-4-6(8)9-2;1-2/h3-4H2,1-2H3;1H3. The SMILES string of the molecule is CI.COC(=O)CCC(C)=O. The fourth-order valence-corrected chi connectivity index (χ4v) is 0.380. The molecule has 11 heavy (non-hydrogen) atoms. The summed E-state index contributed by atoms with van der Waals surface area (Å²) in [5.74, 6) is -0.314. The Morgan fingerprint density at radius 3 is 2.00 bits per heavy atom. The zero-order valence-corrected chi connectivity index (χ0v) is 9.17. The first-order valence-corrected chi connectivity index (χ1v) is 5.26. The second kappa shape index (κ2) is 9.87. The van der Waals surface area contributed by atoms with Crippen molar-refractivity contribution in [1.82, 2.24) is 0 Å². The van der Waals surface area contributed by atoms with Crippen LogP contribution in [-0.2, 0) is 14.3 Å². The van der Waals surface area contributed by atoms with Gasteiger partial charge in [0.05, 0.1) is 13.5 Å². The van der Waals surface area contributed by atoms with Crippen LogP contribution < -0.4 is 0 Å². The van der Waals surface area contributed by atoms with Gasteiger partial charge in [-0.3, -0.25) is 4.79 Å². The van der Waals surface area contributed by atoms with Crippen LogP contribution in [0.1, 0.15) is 19.8 Å². The highest BCUT2D eigenvalue weighted by atomic mass is 127. The van der Waals surface area contributed by atoms with Crippen molar-refractivity contribution in [3.8, 4) is 0 Å². The van der Waals surface area contributed by atoms with E-state index >= 15 is 0 Å². The third-order valence-corrected chi connectivity index (χ3v) is 0.909. The zero-order valence-electron chi connectivity index (χ0n) is 7.02. The number of methoxy groups -OCH3 is 1. The van der Waals surface area contributed by atoms with Gasteiger partial charge in [0.1, 0.15) is 5.78 Å². The lowest BCUT2D eigenvalue weighted by molar-refractivity contribution is -0.141. The molecule has 4 heteroatoms. The lowest BCUT2D eigenvalue weighted by Gasteiger charge is -1.93. The molecule has 66 valence electrons. The minimum Gasteiger partial charge on any atom is -0.469 e. The zero-order chi connectivity index (χ0) is 9.28. The summed E-state index contributed by atoms with van der Waals surface area (Å²) in [4.78, 5) is 22.6. The highest BCUT2D eigenvalue weighted by molar-refractivity contribution is 14.1. The summed E-state index contributed by atoms with van der Waals surface area (Å²) in [6.07, 6.45) is 0.485. The number of esters is 1. The Morgan fingerprint density at radius 2 is 1.73 bits per heavy atom. The van der Waals surface area contributed by atoms with Gasteiger partial charge in [-0.25, -0.2) is 0 Å². The summed E-state index contributed by atoms with van der Waals surface area (Å²) in [5, 5.41) is 0. The van der Waals surface area contributed by atoms with E-state index in [2.05, 4.69) is 27.3 Å². The summed E-state index contributed by atoms with van der Waals surface area (Å²) in [6, 6.07) is 0. The van der Waals surface area contributed by atoms with Crippen LogP contribution in [0.15, 0.2) is 0 Å².